The number of hydrogen-bond donors (Lipinski definition) is 3. The highest BCUT2D eigenvalue weighted by Gasteiger charge is 2.40. The third kappa shape index (κ3) is 9.61. The average molecular weight is 789 g/mol. The van der Waals surface area contributed by atoms with Crippen molar-refractivity contribution in [2.24, 2.45) is 0 Å². The molecule has 58 heavy (non-hydrogen) atoms. The van der Waals surface area contributed by atoms with Crippen LogP contribution in [0.15, 0.2) is 91.1 Å². The molecular formula is C46H56N6O6. The number of benzene rings is 3. The maximum atomic E-state index is 14.0. The van der Waals surface area contributed by atoms with Gasteiger partial charge in [0.1, 0.15) is 29.6 Å². The fourth-order valence-corrected chi connectivity index (χ4v) is 8.51. The Morgan fingerprint density at radius 2 is 1.50 bits per heavy atom. The molecule has 7 rings (SSSR count). The van der Waals surface area contributed by atoms with Crippen LogP contribution in [0.3, 0.4) is 0 Å². The van der Waals surface area contributed by atoms with Gasteiger partial charge in [-0.05, 0) is 94.4 Å². The molecule has 4 aromatic rings. The fourth-order valence-electron chi connectivity index (χ4n) is 8.51. The molecule has 12 nitrogen and oxygen atoms in total. The summed E-state index contributed by atoms with van der Waals surface area (Å²) in [5.41, 5.74) is 4.06. The highest BCUT2D eigenvalue weighted by molar-refractivity contribution is 5.92. The minimum atomic E-state index is -0.969. The quantitative estimate of drug-likeness (QED) is 0.154. The van der Waals surface area contributed by atoms with Crippen LogP contribution < -0.4 is 10.6 Å². The summed E-state index contributed by atoms with van der Waals surface area (Å²) >= 11 is 0. The number of morpholine rings is 1. The number of alkyl carbamates (subject to hydrolysis) is 1. The van der Waals surface area contributed by atoms with Gasteiger partial charge in [-0.2, -0.15) is 0 Å². The summed E-state index contributed by atoms with van der Waals surface area (Å²) in [6.45, 7) is 9.12. The monoisotopic (exact) mass is 788 g/mol. The maximum absolute atomic E-state index is 14.0. The van der Waals surface area contributed by atoms with Gasteiger partial charge in [0.2, 0.25) is 11.8 Å². The fraction of sp³-hybridized carbons (Fsp3) is 0.457. The summed E-state index contributed by atoms with van der Waals surface area (Å²) in [6.07, 6.45) is 5.99. The molecule has 3 heterocycles. The maximum Gasteiger partial charge on any atom is 0.408 e. The van der Waals surface area contributed by atoms with E-state index in [2.05, 4.69) is 39.9 Å². The van der Waals surface area contributed by atoms with Gasteiger partial charge in [0.25, 0.3) is 5.91 Å². The highest BCUT2D eigenvalue weighted by atomic mass is 16.6. The van der Waals surface area contributed by atoms with Crippen molar-refractivity contribution in [3.8, 4) is 11.3 Å². The molecule has 3 aromatic carbocycles. The Labute approximate surface area is 341 Å². The lowest BCUT2D eigenvalue weighted by atomic mass is 9.81. The lowest BCUT2D eigenvalue weighted by molar-refractivity contribution is -0.141. The second kappa shape index (κ2) is 18.0. The zero-order valence-electron chi connectivity index (χ0n) is 34.0. The lowest BCUT2D eigenvalue weighted by Crippen LogP contribution is -2.52. The van der Waals surface area contributed by atoms with Crippen LogP contribution >= 0.6 is 0 Å². The summed E-state index contributed by atoms with van der Waals surface area (Å²) < 4.78 is 11.3. The van der Waals surface area contributed by atoms with Crippen molar-refractivity contribution in [1.29, 1.82) is 0 Å². The first-order valence-electron chi connectivity index (χ1n) is 20.7. The summed E-state index contributed by atoms with van der Waals surface area (Å²) in [6, 6.07) is 25.7. The Bertz CT molecular complexity index is 2020. The number of imidazole rings is 1. The number of carbonyl (C=O) groups is 4. The summed E-state index contributed by atoms with van der Waals surface area (Å²) in [4.78, 5) is 65.8. The lowest BCUT2D eigenvalue weighted by Gasteiger charge is -2.36. The number of aromatic amines is 1. The van der Waals surface area contributed by atoms with E-state index in [-0.39, 0.29) is 35.7 Å². The van der Waals surface area contributed by atoms with Crippen molar-refractivity contribution in [2.45, 2.75) is 108 Å². The van der Waals surface area contributed by atoms with E-state index in [1.807, 2.05) is 66.6 Å². The number of hydrogen-bond acceptors (Lipinski definition) is 7. The molecule has 3 N–H and O–H groups in total. The van der Waals surface area contributed by atoms with Crippen LogP contribution in [0.2, 0.25) is 0 Å². The molecule has 0 bridgehead atoms. The first kappa shape index (κ1) is 40.7. The Morgan fingerprint density at radius 1 is 0.828 bits per heavy atom. The van der Waals surface area contributed by atoms with Crippen molar-refractivity contribution in [3.63, 3.8) is 0 Å². The molecule has 2 aliphatic heterocycles. The molecule has 3 fully saturated rings. The normalized spacial score (nSPS) is 22.1. The zero-order chi connectivity index (χ0) is 40.8. The third-order valence-electron chi connectivity index (χ3n) is 11.6. The van der Waals surface area contributed by atoms with Gasteiger partial charge >= 0.3 is 6.09 Å². The number of carbonyl (C=O) groups excluding carboxylic acids is 4. The van der Waals surface area contributed by atoms with Gasteiger partial charge in [-0.3, -0.25) is 14.4 Å². The molecule has 4 amide bonds. The van der Waals surface area contributed by atoms with Crippen LogP contribution in [0.25, 0.3) is 11.3 Å². The number of ether oxygens (including phenoxy) is 2. The molecular weight excluding hydrogens is 733 g/mol. The Balaban J connectivity index is 0.929. The van der Waals surface area contributed by atoms with E-state index in [4.69, 9.17) is 14.5 Å². The first-order chi connectivity index (χ1) is 27.9. The van der Waals surface area contributed by atoms with Crippen molar-refractivity contribution in [3.05, 3.63) is 114 Å². The number of likely N-dealkylation sites (tertiary alicyclic amines) is 1. The van der Waals surface area contributed by atoms with Crippen molar-refractivity contribution >= 4 is 23.8 Å². The number of amides is 4. The van der Waals surface area contributed by atoms with Crippen molar-refractivity contribution in [1.82, 2.24) is 30.4 Å². The predicted molar refractivity (Wildman–Crippen MR) is 221 cm³/mol. The summed E-state index contributed by atoms with van der Waals surface area (Å²) in [5, 5.41) is 6.02. The van der Waals surface area contributed by atoms with E-state index in [0.29, 0.717) is 56.5 Å². The number of H-pyrrole nitrogens is 1. The predicted octanol–water partition coefficient (Wildman–Crippen LogP) is 7.18. The first-order valence-corrected chi connectivity index (χ1v) is 20.7. The van der Waals surface area contributed by atoms with Gasteiger partial charge in [0.05, 0.1) is 31.0 Å². The SMILES string of the molecule is C[C@@H](C(=O)N1CCOC[C@H]1c1ncc(-c2ccc(C3CCC(NC(=O)[C@@H]4CCCN4C(=O)[C@H](NC(=O)OC(C)(C)C)c4ccccc4)CC3)cc2)[nH]1)c1ccccc1. The molecule has 3 aliphatic rings. The molecule has 0 spiro atoms. The second-order valence-corrected chi connectivity index (χ2v) is 16.8. The number of nitrogens with zero attached hydrogens (tertiary/aromatic N) is 3. The van der Waals surface area contributed by atoms with E-state index < -0.39 is 23.8 Å². The molecule has 12 heteroatoms. The minimum absolute atomic E-state index is 0.0275. The van der Waals surface area contributed by atoms with Gasteiger partial charge in [-0.15, -0.1) is 0 Å². The van der Waals surface area contributed by atoms with Gasteiger partial charge < -0.3 is 34.9 Å². The molecule has 1 aliphatic carbocycles. The molecule has 0 unspecified atom stereocenters. The zero-order valence-corrected chi connectivity index (χ0v) is 34.0. The summed E-state index contributed by atoms with van der Waals surface area (Å²) in [5.74, 6) is 0.430. The highest BCUT2D eigenvalue weighted by Crippen LogP contribution is 2.35. The van der Waals surface area contributed by atoms with Gasteiger partial charge in [0.15, 0.2) is 0 Å². The Hall–Kier alpha value is -5.49. The number of rotatable bonds is 10. The van der Waals surface area contributed by atoms with Crippen LogP contribution in [0, 0.1) is 0 Å². The third-order valence-corrected chi connectivity index (χ3v) is 11.6. The van der Waals surface area contributed by atoms with Crippen LogP contribution in [0.5, 0.6) is 0 Å². The van der Waals surface area contributed by atoms with Gasteiger partial charge in [-0.1, -0.05) is 84.9 Å². The van der Waals surface area contributed by atoms with Crippen LogP contribution in [0.4, 0.5) is 4.79 Å². The smallest absolute Gasteiger partial charge is 0.408 e. The van der Waals surface area contributed by atoms with Gasteiger partial charge in [-0.25, -0.2) is 9.78 Å². The Morgan fingerprint density at radius 3 is 2.17 bits per heavy atom. The average Bonchev–Trinajstić information content (AvgIpc) is 3.94. The van der Waals surface area contributed by atoms with E-state index in [1.54, 1.807) is 37.8 Å². The van der Waals surface area contributed by atoms with Gasteiger partial charge in [0, 0.05) is 19.1 Å². The van der Waals surface area contributed by atoms with Crippen LogP contribution in [-0.2, 0) is 23.9 Å². The molecule has 2 saturated heterocycles. The Kier molecular flexibility index (Phi) is 12.6. The number of aromatic nitrogens is 2. The molecule has 1 aromatic heterocycles. The minimum Gasteiger partial charge on any atom is -0.444 e. The van der Waals surface area contributed by atoms with Crippen molar-refractivity contribution in [2.75, 3.05) is 26.3 Å². The molecule has 1 saturated carbocycles. The van der Waals surface area contributed by atoms with E-state index in [0.717, 1.165) is 42.5 Å². The topological polar surface area (TPSA) is 146 Å². The standard InChI is InChI=1S/C46H56N6O6/c1-30(31-12-7-5-8-13-31)43(54)52-26-27-57-29-39(52)41-47-28-37(49-41)34-19-17-32(18-20-34)33-21-23-36(24-22-33)48-42(53)38-16-11-25-51(38)44(55)40(35-14-9-6-10-15-35)50-45(56)58-46(2,3)4/h5-10,12-15,17-20,28,30,33,36,38-40H,11,16,21-27,29H2,1-4H3,(H,47,49)(H,48,53)(H,50,56)/t30-,33?,36?,38+,39+,40-/m1/s1. The van der Waals surface area contributed by atoms with E-state index in [9.17, 15) is 19.2 Å². The molecule has 4 atom stereocenters. The van der Waals surface area contributed by atoms with Crippen LogP contribution in [0.1, 0.15) is 113 Å². The van der Waals surface area contributed by atoms with Crippen LogP contribution in [-0.4, -0.2) is 87.6 Å². The number of nitrogens with one attached hydrogen (secondary N) is 3. The molecule has 0 radical (unpaired) electrons. The second-order valence-electron chi connectivity index (χ2n) is 16.8. The molecule has 306 valence electrons. The van der Waals surface area contributed by atoms with Crippen molar-refractivity contribution < 1.29 is 28.7 Å². The summed E-state index contributed by atoms with van der Waals surface area (Å²) in [7, 11) is 0. The largest absolute Gasteiger partial charge is 0.444 e. The van der Waals surface area contributed by atoms with E-state index in [1.165, 1.54) is 5.56 Å². The van der Waals surface area contributed by atoms with E-state index >= 15 is 0 Å².